The number of rotatable bonds is 1. The van der Waals surface area contributed by atoms with E-state index in [0.29, 0.717) is 0 Å². The second-order valence-corrected chi connectivity index (χ2v) is 3.12. The number of nitrogens with one attached hydrogen (secondary N) is 1. The molecule has 0 aromatic rings. The molecule has 0 fully saturated rings. The van der Waals surface area contributed by atoms with E-state index in [2.05, 4.69) is 26.2 Å². The SMILES string of the molecule is CC1(C=CBr)C=NC(=O)NC1=O. The topological polar surface area (TPSA) is 58.5 Å². The number of aliphatic imine (C=N–C) groups is 1. The van der Waals surface area contributed by atoms with Crippen molar-refractivity contribution < 1.29 is 9.59 Å². The van der Waals surface area contributed by atoms with E-state index in [-0.39, 0.29) is 5.91 Å². The standard InChI is InChI=1S/C7H7BrN2O2/c1-7(2-3-8)4-9-6(12)10-5(7)11/h2-4H,1H3,(H,10,11,12). The maximum absolute atomic E-state index is 11.2. The third-order valence-corrected chi connectivity index (χ3v) is 1.83. The van der Waals surface area contributed by atoms with Crippen molar-refractivity contribution in [2.45, 2.75) is 6.92 Å². The number of nitrogens with zero attached hydrogens (tertiary/aromatic N) is 1. The first-order valence-corrected chi connectivity index (χ1v) is 4.18. The van der Waals surface area contributed by atoms with Crippen LogP contribution in [0.3, 0.4) is 0 Å². The Kier molecular flexibility index (Phi) is 2.42. The fourth-order valence-corrected chi connectivity index (χ4v) is 1.31. The Morgan fingerprint density at radius 1 is 1.67 bits per heavy atom. The number of carbonyl (C=O) groups excluding carboxylic acids is 2. The lowest BCUT2D eigenvalue weighted by Gasteiger charge is -2.21. The Bertz CT molecular complexity index is 285. The van der Waals surface area contributed by atoms with Gasteiger partial charge in [-0.1, -0.05) is 22.0 Å². The second-order valence-electron chi connectivity index (χ2n) is 2.59. The van der Waals surface area contributed by atoms with Crippen LogP contribution in [0.5, 0.6) is 0 Å². The predicted molar refractivity (Wildman–Crippen MR) is 48.2 cm³/mol. The van der Waals surface area contributed by atoms with Crippen molar-refractivity contribution >= 4 is 34.1 Å². The van der Waals surface area contributed by atoms with Crippen LogP contribution in [-0.2, 0) is 4.79 Å². The Morgan fingerprint density at radius 2 is 2.33 bits per heavy atom. The molecule has 4 nitrogen and oxygen atoms in total. The van der Waals surface area contributed by atoms with Gasteiger partial charge in [0, 0.05) is 6.21 Å². The van der Waals surface area contributed by atoms with Gasteiger partial charge < -0.3 is 0 Å². The van der Waals surface area contributed by atoms with Gasteiger partial charge in [0.05, 0.1) is 0 Å². The second kappa shape index (κ2) is 3.18. The van der Waals surface area contributed by atoms with Crippen LogP contribution in [0.4, 0.5) is 4.79 Å². The minimum Gasteiger partial charge on any atom is -0.275 e. The lowest BCUT2D eigenvalue weighted by Crippen LogP contribution is -2.44. The molecule has 0 aliphatic carbocycles. The molecule has 1 aliphatic heterocycles. The van der Waals surface area contributed by atoms with Crippen molar-refractivity contribution in [2.75, 3.05) is 0 Å². The Hall–Kier alpha value is -0.970. The Morgan fingerprint density at radius 3 is 2.83 bits per heavy atom. The van der Waals surface area contributed by atoms with Gasteiger partial charge in [0.15, 0.2) is 0 Å². The summed E-state index contributed by atoms with van der Waals surface area (Å²) in [5.41, 5.74) is -0.822. The van der Waals surface area contributed by atoms with Crippen LogP contribution in [0, 0.1) is 5.41 Å². The molecular weight excluding hydrogens is 224 g/mol. The highest BCUT2D eigenvalue weighted by Crippen LogP contribution is 2.19. The molecule has 1 N–H and O–H groups in total. The van der Waals surface area contributed by atoms with Crippen molar-refractivity contribution in [3.8, 4) is 0 Å². The van der Waals surface area contributed by atoms with Gasteiger partial charge in [-0.05, 0) is 11.9 Å². The van der Waals surface area contributed by atoms with Gasteiger partial charge in [-0.15, -0.1) is 0 Å². The maximum atomic E-state index is 11.2. The van der Waals surface area contributed by atoms with Gasteiger partial charge in [-0.3, -0.25) is 10.1 Å². The van der Waals surface area contributed by atoms with Crippen LogP contribution in [0.2, 0.25) is 0 Å². The third-order valence-electron chi connectivity index (χ3n) is 1.57. The minimum atomic E-state index is -0.822. The van der Waals surface area contributed by atoms with Crippen molar-refractivity contribution in [2.24, 2.45) is 10.4 Å². The van der Waals surface area contributed by atoms with Gasteiger partial charge in [0.25, 0.3) is 0 Å². The Labute approximate surface area is 77.9 Å². The molecule has 0 saturated heterocycles. The van der Waals surface area contributed by atoms with Crippen LogP contribution < -0.4 is 5.32 Å². The van der Waals surface area contributed by atoms with Gasteiger partial charge >= 0.3 is 6.03 Å². The zero-order valence-electron chi connectivity index (χ0n) is 6.37. The van der Waals surface area contributed by atoms with E-state index >= 15 is 0 Å². The molecule has 0 bridgehead atoms. The van der Waals surface area contributed by atoms with E-state index in [0.717, 1.165) is 0 Å². The Balaban J connectivity index is 2.99. The highest BCUT2D eigenvalue weighted by Gasteiger charge is 2.33. The zero-order valence-corrected chi connectivity index (χ0v) is 7.96. The molecule has 1 rings (SSSR count). The highest BCUT2D eigenvalue weighted by atomic mass is 79.9. The summed E-state index contributed by atoms with van der Waals surface area (Å²) in [4.78, 5) is 26.9. The normalized spacial score (nSPS) is 29.5. The largest absolute Gasteiger partial charge is 0.347 e. The average Bonchev–Trinajstić information content (AvgIpc) is 1.99. The molecule has 1 unspecified atom stereocenters. The number of amides is 3. The molecule has 1 aliphatic rings. The van der Waals surface area contributed by atoms with Crippen LogP contribution >= 0.6 is 15.9 Å². The quantitative estimate of drug-likeness (QED) is 0.737. The van der Waals surface area contributed by atoms with E-state index in [9.17, 15) is 9.59 Å². The molecular formula is C7H7BrN2O2. The molecule has 5 heteroatoms. The van der Waals surface area contributed by atoms with E-state index in [1.807, 2.05) is 0 Å². The number of halogens is 1. The lowest BCUT2D eigenvalue weighted by atomic mass is 9.90. The van der Waals surface area contributed by atoms with Crippen LogP contribution in [0.1, 0.15) is 6.92 Å². The van der Waals surface area contributed by atoms with Gasteiger partial charge in [0.2, 0.25) is 5.91 Å². The first kappa shape index (κ1) is 9.12. The van der Waals surface area contributed by atoms with Crippen LogP contribution in [0.15, 0.2) is 16.1 Å². The third kappa shape index (κ3) is 1.61. The van der Waals surface area contributed by atoms with Crippen LogP contribution in [-0.4, -0.2) is 18.2 Å². The van der Waals surface area contributed by atoms with Crippen molar-refractivity contribution in [3.05, 3.63) is 11.1 Å². The number of hydrogen-bond acceptors (Lipinski definition) is 2. The molecule has 0 saturated carbocycles. The van der Waals surface area contributed by atoms with E-state index in [1.165, 1.54) is 6.21 Å². The van der Waals surface area contributed by atoms with Gasteiger partial charge in [-0.25, -0.2) is 9.79 Å². The molecule has 12 heavy (non-hydrogen) atoms. The summed E-state index contributed by atoms with van der Waals surface area (Å²) in [6, 6.07) is -0.611. The molecule has 3 amide bonds. The number of urea groups is 1. The summed E-state index contributed by atoms with van der Waals surface area (Å²) >= 11 is 3.06. The molecule has 1 atom stereocenters. The summed E-state index contributed by atoms with van der Waals surface area (Å²) in [6.45, 7) is 1.66. The fourth-order valence-electron chi connectivity index (χ4n) is 0.765. The molecule has 0 spiro atoms. The summed E-state index contributed by atoms with van der Waals surface area (Å²) in [7, 11) is 0. The van der Waals surface area contributed by atoms with Crippen molar-refractivity contribution in [3.63, 3.8) is 0 Å². The zero-order chi connectivity index (χ0) is 9.19. The lowest BCUT2D eigenvalue weighted by molar-refractivity contribution is -0.124. The van der Waals surface area contributed by atoms with Crippen molar-refractivity contribution in [1.82, 2.24) is 5.32 Å². The summed E-state index contributed by atoms with van der Waals surface area (Å²) in [5.74, 6) is -0.363. The molecule has 0 aromatic heterocycles. The highest BCUT2D eigenvalue weighted by molar-refractivity contribution is 9.11. The smallest absolute Gasteiger partial charge is 0.275 e. The minimum absolute atomic E-state index is 0.363. The van der Waals surface area contributed by atoms with Crippen LogP contribution in [0.25, 0.3) is 0 Å². The van der Waals surface area contributed by atoms with Gasteiger partial charge in [-0.2, -0.15) is 0 Å². The predicted octanol–water partition coefficient (Wildman–Crippen LogP) is 1.22. The van der Waals surface area contributed by atoms with Gasteiger partial charge in [0.1, 0.15) is 5.41 Å². The monoisotopic (exact) mass is 230 g/mol. The van der Waals surface area contributed by atoms with E-state index in [4.69, 9.17) is 0 Å². The summed E-state index contributed by atoms with van der Waals surface area (Å²) in [6.07, 6.45) is 2.93. The summed E-state index contributed by atoms with van der Waals surface area (Å²) in [5, 5.41) is 2.11. The number of carbonyl (C=O) groups is 2. The maximum Gasteiger partial charge on any atom is 0.347 e. The molecule has 0 aromatic carbocycles. The first-order chi connectivity index (χ1) is 5.58. The molecule has 64 valence electrons. The average molecular weight is 231 g/mol. The fraction of sp³-hybridized carbons (Fsp3) is 0.286. The molecule has 0 radical (unpaired) electrons. The number of hydrogen-bond donors (Lipinski definition) is 1. The van der Waals surface area contributed by atoms with Crippen molar-refractivity contribution in [1.29, 1.82) is 0 Å². The van der Waals surface area contributed by atoms with E-state index in [1.54, 1.807) is 18.0 Å². The first-order valence-electron chi connectivity index (χ1n) is 3.27. The molecule has 1 heterocycles. The number of imide groups is 1. The summed E-state index contributed by atoms with van der Waals surface area (Å²) < 4.78 is 0. The van der Waals surface area contributed by atoms with E-state index < -0.39 is 11.4 Å².